The third-order valence-corrected chi connectivity index (χ3v) is 3.39. The molecule has 0 aromatic heterocycles. The Morgan fingerprint density at radius 2 is 2.16 bits per heavy atom. The van der Waals surface area contributed by atoms with Crippen molar-refractivity contribution < 1.29 is 4.74 Å². The van der Waals surface area contributed by atoms with E-state index in [0.29, 0.717) is 6.42 Å². The van der Waals surface area contributed by atoms with E-state index in [-0.39, 0.29) is 11.5 Å². The van der Waals surface area contributed by atoms with Gasteiger partial charge in [-0.15, -0.1) is 0 Å². The summed E-state index contributed by atoms with van der Waals surface area (Å²) >= 11 is 0. The van der Waals surface area contributed by atoms with Gasteiger partial charge in [0.1, 0.15) is 0 Å². The van der Waals surface area contributed by atoms with E-state index in [2.05, 4.69) is 43.4 Å². The van der Waals surface area contributed by atoms with E-state index in [9.17, 15) is 0 Å². The summed E-state index contributed by atoms with van der Waals surface area (Å²) < 4.78 is 5.33. The lowest BCUT2D eigenvalue weighted by Crippen LogP contribution is -2.22. The summed E-state index contributed by atoms with van der Waals surface area (Å²) in [4.78, 5) is 0. The van der Waals surface area contributed by atoms with Gasteiger partial charge in [0.2, 0.25) is 0 Å². The summed E-state index contributed by atoms with van der Waals surface area (Å²) in [6.07, 6.45) is 1.62. The van der Waals surface area contributed by atoms with Gasteiger partial charge in [-0.25, -0.2) is 0 Å². The molecule has 0 spiro atoms. The Morgan fingerprint density at radius 1 is 1.42 bits per heavy atom. The highest BCUT2D eigenvalue weighted by Gasteiger charge is 2.17. The van der Waals surface area contributed by atoms with Crippen molar-refractivity contribution in [2.24, 2.45) is 5.41 Å². The normalized spacial score (nSPS) is 12.8. The van der Waals surface area contributed by atoms with Gasteiger partial charge < -0.3 is 10.1 Å². The molecular formula is C16H24N2O. The van der Waals surface area contributed by atoms with Crippen molar-refractivity contribution in [2.75, 3.05) is 19.0 Å². The van der Waals surface area contributed by atoms with Crippen molar-refractivity contribution in [3.05, 3.63) is 29.8 Å². The van der Waals surface area contributed by atoms with Crippen LogP contribution in [0.2, 0.25) is 0 Å². The first-order chi connectivity index (χ1) is 8.98. The highest BCUT2D eigenvalue weighted by atomic mass is 16.5. The van der Waals surface area contributed by atoms with Gasteiger partial charge in [-0.1, -0.05) is 26.0 Å². The number of nitrogens with one attached hydrogen (secondary N) is 1. The minimum absolute atomic E-state index is 0.105. The highest BCUT2D eigenvalue weighted by Crippen LogP contribution is 2.24. The molecule has 1 atom stereocenters. The molecule has 1 aromatic carbocycles. The van der Waals surface area contributed by atoms with Crippen molar-refractivity contribution in [3.63, 3.8) is 0 Å². The van der Waals surface area contributed by atoms with Crippen molar-refractivity contribution in [3.8, 4) is 6.07 Å². The molecule has 3 heteroatoms. The van der Waals surface area contributed by atoms with Gasteiger partial charge in [0.15, 0.2) is 0 Å². The zero-order valence-electron chi connectivity index (χ0n) is 12.4. The summed E-state index contributed by atoms with van der Waals surface area (Å²) in [6, 6.07) is 10.5. The van der Waals surface area contributed by atoms with Crippen LogP contribution in [-0.2, 0) is 4.74 Å². The smallest absolute Gasteiger partial charge is 0.0793 e. The Hall–Kier alpha value is -1.53. The molecule has 0 bridgehead atoms. The second-order valence-electron chi connectivity index (χ2n) is 5.68. The second-order valence-corrected chi connectivity index (χ2v) is 5.68. The third kappa shape index (κ3) is 5.32. The zero-order chi connectivity index (χ0) is 14.3. The van der Waals surface area contributed by atoms with Gasteiger partial charge in [-0.2, -0.15) is 5.26 Å². The SMILES string of the molecule is CO[C@H](C)c1cccc(NCC(C)(C)CCC#N)c1. The molecule has 0 heterocycles. The fraction of sp³-hybridized carbons (Fsp3) is 0.562. The van der Waals surface area contributed by atoms with E-state index < -0.39 is 0 Å². The maximum absolute atomic E-state index is 8.66. The molecule has 1 aromatic rings. The molecule has 19 heavy (non-hydrogen) atoms. The lowest BCUT2D eigenvalue weighted by molar-refractivity contribution is 0.119. The van der Waals surface area contributed by atoms with Crippen LogP contribution in [-0.4, -0.2) is 13.7 Å². The van der Waals surface area contributed by atoms with Gasteiger partial charge in [0, 0.05) is 25.8 Å². The number of hydrogen-bond donors (Lipinski definition) is 1. The number of ether oxygens (including phenoxy) is 1. The number of nitrogens with zero attached hydrogens (tertiary/aromatic N) is 1. The average molecular weight is 260 g/mol. The van der Waals surface area contributed by atoms with Crippen molar-refractivity contribution in [2.45, 2.75) is 39.7 Å². The molecule has 0 aliphatic rings. The first-order valence-corrected chi connectivity index (χ1v) is 6.72. The number of hydrogen-bond acceptors (Lipinski definition) is 3. The predicted molar refractivity (Wildman–Crippen MR) is 79.0 cm³/mol. The monoisotopic (exact) mass is 260 g/mol. The Balaban J connectivity index is 2.60. The maximum Gasteiger partial charge on any atom is 0.0793 e. The van der Waals surface area contributed by atoms with E-state index in [1.807, 2.05) is 13.0 Å². The Kier molecular flexibility index (Phi) is 5.85. The second kappa shape index (κ2) is 7.16. The summed E-state index contributed by atoms with van der Waals surface area (Å²) in [5, 5.41) is 12.1. The van der Waals surface area contributed by atoms with Crippen LogP contribution < -0.4 is 5.32 Å². The van der Waals surface area contributed by atoms with E-state index in [4.69, 9.17) is 10.00 Å². The van der Waals surface area contributed by atoms with Crippen LogP contribution in [0.4, 0.5) is 5.69 Å². The molecule has 0 radical (unpaired) electrons. The minimum Gasteiger partial charge on any atom is -0.384 e. The third-order valence-electron chi connectivity index (χ3n) is 3.39. The molecule has 3 nitrogen and oxygen atoms in total. The maximum atomic E-state index is 8.66. The molecule has 0 unspecified atom stereocenters. The fourth-order valence-corrected chi connectivity index (χ4v) is 1.86. The molecule has 1 rings (SSSR count). The van der Waals surface area contributed by atoms with Crippen LogP contribution in [0.15, 0.2) is 24.3 Å². The quantitative estimate of drug-likeness (QED) is 0.801. The average Bonchev–Trinajstić information content (AvgIpc) is 2.42. The molecule has 1 N–H and O–H groups in total. The molecule has 0 amide bonds. The number of anilines is 1. The molecule has 0 aliphatic heterocycles. The summed E-state index contributed by atoms with van der Waals surface area (Å²) in [7, 11) is 1.72. The van der Waals surface area contributed by atoms with Crippen LogP contribution in [0.5, 0.6) is 0 Å². The largest absolute Gasteiger partial charge is 0.384 e. The Bertz CT molecular complexity index is 435. The molecule has 104 valence electrons. The number of rotatable bonds is 7. The minimum atomic E-state index is 0.105. The zero-order valence-corrected chi connectivity index (χ0v) is 12.4. The fourth-order valence-electron chi connectivity index (χ4n) is 1.86. The van der Waals surface area contributed by atoms with Crippen LogP contribution in [0.1, 0.15) is 45.3 Å². The van der Waals surface area contributed by atoms with E-state index >= 15 is 0 Å². The van der Waals surface area contributed by atoms with Crippen LogP contribution in [0.25, 0.3) is 0 Å². The molecule has 0 saturated heterocycles. The van der Waals surface area contributed by atoms with E-state index in [1.165, 1.54) is 5.56 Å². The number of methoxy groups -OCH3 is 1. The molecule has 0 fully saturated rings. The molecular weight excluding hydrogens is 236 g/mol. The van der Waals surface area contributed by atoms with Crippen molar-refractivity contribution >= 4 is 5.69 Å². The standard InChI is InChI=1S/C16H24N2O/c1-13(19-4)14-7-5-8-15(11-14)18-12-16(2,3)9-6-10-17/h5,7-8,11,13,18H,6,9,12H2,1-4H3/t13-/m1/s1. The first-order valence-electron chi connectivity index (χ1n) is 6.72. The van der Waals surface area contributed by atoms with Crippen LogP contribution in [0, 0.1) is 16.7 Å². The number of nitriles is 1. The van der Waals surface area contributed by atoms with Crippen LogP contribution in [0.3, 0.4) is 0 Å². The van der Waals surface area contributed by atoms with Gasteiger partial charge in [-0.05, 0) is 36.5 Å². The highest BCUT2D eigenvalue weighted by molar-refractivity contribution is 5.46. The van der Waals surface area contributed by atoms with Crippen molar-refractivity contribution in [1.29, 1.82) is 5.26 Å². The summed E-state index contributed by atoms with van der Waals surface area (Å²) in [6.45, 7) is 7.26. The van der Waals surface area contributed by atoms with Crippen LogP contribution >= 0.6 is 0 Å². The van der Waals surface area contributed by atoms with Gasteiger partial charge in [-0.3, -0.25) is 0 Å². The first kappa shape index (κ1) is 15.5. The van der Waals surface area contributed by atoms with Gasteiger partial charge >= 0.3 is 0 Å². The van der Waals surface area contributed by atoms with E-state index in [1.54, 1.807) is 7.11 Å². The Labute approximate surface area is 116 Å². The Morgan fingerprint density at radius 3 is 2.79 bits per heavy atom. The lowest BCUT2D eigenvalue weighted by Gasteiger charge is -2.24. The van der Waals surface area contributed by atoms with Gasteiger partial charge in [0.25, 0.3) is 0 Å². The number of benzene rings is 1. The van der Waals surface area contributed by atoms with Crippen molar-refractivity contribution in [1.82, 2.24) is 0 Å². The van der Waals surface area contributed by atoms with E-state index in [0.717, 1.165) is 18.7 Å². The topological polar surface area (TPSA) is 45.0 Å². The summed E-state index contributed by atoms with van der Waals surface area (Å²) in [5.74, 6) is 0. The van der Waals surface area contributed by atoms with Gasteiger partial charge in [0.05, 0.1) is 12.2 Å². The summed E-state index contributed by atoms with van der Waals surface area (Å²) in [5.41, 5.74) is 2.40. The lowest BCUT2D eigenvalue weighted by atomic mass is 9.88. The molecule has 0 saturated carbocycles. The molecule has 0 aliphatic carbocycles. The predicted octanol–water partition coefficient (Wildman–Crippen LogP) is 4.14.